The fraction of sp³-hybridized carbons (Fsp3) is 0.0455. The molecule has 4 aromatic carbocycles. The van der Waals surface area contributed by atoms with E-state index in [9.17, 15) is 15.0 Å². The Kier molecular flexibility index (Phi) is 2.73. The van der Waals surface area contributed by atoms with Gasteiger partial charge in [-0.1, -0.05) is 48.5 Å². The Morgan fingerprint density at radius 2 is 0.960 bits per heavy atom. The smallest absolute Gasteiger partial charge is 0.218 e. The summed E-state index contributed by atoms with van der Waals surface area (Å²) in [5, 5.41) is 25.4. The van der Waals surface area contributed by atoms with Gasteiger partial charge in [0.05, 0.1) is 0 Å². The number of aliphatic hydroxyl groups is 2. The van der Waals surface area contributed by atoms with Crippen molar-refractivity contribution in [3.63, 3.8) is 0 Å². The lowest BCUT2D eigenvalue weighted by molar-refractivity contribution is -0.133. The van der Waals surface area contributed by atoms with Crippen molar-refractivity contribution in [1.82, 2.24) is 0 Å². The first-order valence-corrected chi connectivity index (χ1v) is 8.12. The van der Waals surface area contributed by atoms with Gasteiger partial charge in [0.25, 0.3) is 0 Å². The van der Waals surface area contributed by atoms with Gasteiger partial charge in [-0.2, -0.15) is 0 Å². The maximum absolute atomic E-state index is 13.1. The minimum absolute atomic E-state index is 0.180. The fourth-order valence-corrected chi connectivity index (χ4v) is 3.72. The SMILES string of the molecule is O=C1c2cc3ccccc3cc2C(O)(O)c2cc3ccccc3cc21. The molecule has 0 saturated carbocycles. The van der Waals surface area contributed by atoms with Gasteiger partial charge < -0.3 is 10.2 Å². The summed E-state index contributed by atoms with van der Waals surface area (Å²) in [6, 6.07) is 22.1. The Labute approximate surface area is 143 Å². The van der Waals surface area contributed by atoms with Gasteiger partial charge in [-0.15, -0.1) is 0 Å². The van der Waals surface area contributed by atoms with Crippen LogP contribution in [0.4, 0.5) is 0 Å². The zero-order chi connectivity index (χ0) is 17.2. The zero-order valence-electron chi connectivity index (χ0n) is 13.2. The second-order valence-electron chi connectivity index (χ2n) is 6.49. The van der Waals surface area contributed by atoms with E-state index in [1.165, 1.54) is 0 Å². The van der Waals surface area contributed by atoms with E-state index in [0.29, 0.717) is 11.1 Å². The predicted molar refractivity (Wildman–Crippen MR) is 96.5 cm³/mol. The summed E-state index contributed by atoms with van der Waals surface area (Å²) in [4.78, 5) is 13.1. The third kappa shape index (κ3) is 1.91. The molecule has 0 saturated heterocycles. The molecular formula is C22H14O3. The van der Waals surface area contributed by atoms with Crippen molar-refractivity contribution in [2.45, 2.75) is 5.79 Å². The Hall–Kier alpha value is -3.01. The highest BCUT2D eigenvalue weighted by molar-refractivity contribution is 6.16. The standard InChI is InChI=1S/C22H14O3/c23-21-17-9-13-5-1-3-7-15(13)11-19(17)22(24,25)20-12-16-8-4-2-6-14(16)10-18(20)21/h1-12,24-25H. The van der Waals surface area contributed by atoms with Gasteiger partial charge in [0.1, 0.15) is 0 Å². The quantitative estimate of drug-likeness (QED) is 0.484. The minimum Gasteiger partial charge on any atom is -0.358 e. The van der Waals surface area contributed by atoms with Gasteiger partial charge in [-0.25, -0.2) is 0 Å². The van der Waals surface area contributed by atoms with Crippen molar-refractivity contribution in [1.29, 1.82) is 0 Å². The monoisotopic (exact) mass is 326 g/mol. The van der Waals surface area contributed by atoms with E-state index in [1.807, 2.05) is 48.5 Å². The highest BCUT2D eigenvalue weighted by Gasteiger charge is 2.41. The van der Waals surface area contributed by atoms with Crippen LogP contribution in [0.15, 0.2) is 72.8 Å². The molecule has 120 valence electrons. The summed E-state index contributed by atoms with van der Waals surface area (Å²) in [7, 11) is 0. The minimum atomic E-state index is -2.20. The number of benzene rings is 4. The maximum atomic E-state index is 13.1. The second kappa shape index (κ2) is 4.76. The number of carbonyl (C=O) groups excluding carboxylic acids is 1. The average Bonchev–Trinajstić information content (AvgIpc) is 2.64. The predicted octanol–water partition coefficient (Wildman–Crippen LogP) is 3.72. The molecule has 0 amide bonds. The van der Waals surface area contributed by atoms with Crippen molar-refractivity contribution in [3.8, 4) is 0 Å². The first-order valence-electron chi connectivity index (χ1n) is 8.12. The van der Waals surface area contributed by atoms with E-state index in [0.717, 1.165) is 21.5 Å². The van der Waals surface area contributed by atoms with Crippen LogP contribution < -0.4 is 0 Å². The molecule has 0 atom stereocenters. The molecule has 5 rings (SSSR count). The van der Waals surface area contributed by atoms with Crippen LogP contribution in [0.2, 0.25) is 0 Å². The molecule has 0 fully saturated rings. The van der Waals surface area contributed by atoms with Crippen LogP contribution in [0.25, 0.3) is 21.5 Å². The molecule has 0 aromatic heterocycles. The average molecular weight is 326 g/mol. The number of carbonyl (C=O) groups is 1. The first-order chi connectivity index (χ1) is 12.1. The van der Waals surface area contributed by atoms with Crippen molar-refractivity contribution in [2.24, 2.45) is 0 Å². The van der Waals surface area contributed by atoms with Crippen LogP contribution in [0.5, 0.6) is 0 Å². The lowest BCUT2D eigenvalue weighted by Gasteiger charge is -2.31. The van der Waals surface area contributed by atoms with Crippen molar-refractivity contribution < 1.29 is 15.0 Å². The number of fused-ring (bicyclic) bond motifs is 4. The molecular weight excluding hydrogens is 312 g/mol. The van der Waals surface area contributed by atoms with E-state index >= 15 is 0 Å². The number of hydrogen-bond donors (Lipinski definition) is 2. The molecule has 1 aliphatic carbocycles. The molecule has 0 bridgehead atoms. The summed E-state index contributed by atoms with van der Waals surface area (Å²) in [6.45, 7) is 0. The second-order valence-corrected chi connectivity index (χ2v) is 6.49. The lowest BCUT2D eigenvalue weighted by Crippen LogP contribution is -2.35. The molecule has 3 heteroatoms. The normalized spacial score (nSPS) is 15.2. The molecule has 1 aliphatic rings. The van der Waals surface area contributed by atoms with Gasteiger partial charge >= 0.3 is 0 Å². The lowest BCUT2D eigenvalue weighted by atomic mass is 9.78. The molecule has 0 heterocycles. The highest BCUT2D eigenvalue weighted by atomic mass is 16.5. The summed E-state index contributed by atoms with van der Waals surface area (Å²) in [6.07, 6.45) is 0. The number of hydrogen-bond acceptors (Lipinski definition) is 3. The van der Waals surface area contributed by atoms with Gasteiger partial charge in [0.2, 0.25) is 5.79 Å². The summed E-state index contributed by atoms with van der Waals surface area (Å²) >= 11 is 0. The molecule has 25 heavy (non-hydrogen) atoms. The summed E-state index contributed by atoms with van der Waals surface area (Å²) in [5.74, 6) is -2.38. The fourth-order valence-electron chi connectivity index (χ4n) is 3.72. The van der Waals surface area contributed by atoms with E-state index in [4.69, 9.17) is 0 Å². The molecule has 0 unspecified atom stereocenters. The first kappa shape index (κ1) is 14.3. The summed E-state index contributed by atoms with van der Waals surface area (Å²) < 4.78 is 0. The van der Waals surface area contributed by atoms with Crippen LogP contribution >= 0.6 is 0 Å². The maximum Gasteiger partial charge on any atom is 0.218 e. The molecule has 0 radical (unpaired) electrons. The third-order valence-electron chi connectivity index (χ3n) is 5.01. The third-order valence-corrected chi connectivity index (χ3v) is 5.01. The van der Waals surface area contributed by atoms with E-state index in [1.54, 1.807) is 24.3 Å². The Morgan fingerprint density at radius 3 is 1.36 bits per heavy atom. The number of rotatable bonds is 0. The number of ketones is 1. The summed E-state index contributed by atoms with van der Waals surface area (Å²) in [5.41, 5.74) is 1.15. The van der Waals surface area contributed by atoms with Crippen molar-refractivity contribution in [2.75, 3.05) is 0 Å². The highest BCUT2D eigenvalue weighted by Crippen LogP contribution is 2.41. The van der Waals surface area contributed by atoms with Gasteiger partial charge in [0, 0.05) is 22.3 Å². The van der Waals surface area contributed by atoms with Crippen LogP contribution in [0.1, 0.15) is 27.0 Å². The molecule has 0 spiro atoms. The molecule has 0 aliphatic heterocycles. The van der Waals surface area contributed by atoms with Gasteiger partial charge in [0.15, 0.2) is 5.78 Å². The largest absolute Gasteiger partial charge is 0.358 e. The van der Waals surface area contributed by atoms with Gasteiger partial charge in [-0.3, -0.25) is 4.79 Å². The van der Waals surface area contributed by atoms with Crippen LogP contribution in [-0.4, -0.2) is 16.0 Å². The van der Waals surface area contributed by atoms with Gasteiger partial charge in [-0.05, 0) is 45.8 Å². The van der Waals surface area contributed by atoms with Crippen molar-refractivity contribution >= 4 is 27.3 Å². The van der Waals surface area contributed by atoms with Crippen LogP contribution in [-0.2, 0) is 5.79 Å². The topological polar surface area (TPSA) is 57.5 Å². The van der Waals surface area contributed by atoms with E-state index in [2.05, 4.69) is 0 Å². The Bertz CT molecular complexity index is 1100. The Morgan fingerprint density at radius 1 is 0.600 bits per heavy atom. The van der Waals surface area contributed by atoms with E-state index in [-0.39, 0.29) is 16.9 Å². The molecule has 4 aromatic rings. The van der Waals surface area contributed by atoms with E-state index < -0.39 is 5.79 Å². The zero-order valence-corrected chi connectivity index (χ0v) is 13.2. The van der Waals surface area contributed by atoms with Crippen LogP contribution in [0, 0.1) is 0 Å². The van der Waals surface area contributed by atoms with Crippen LogP contribution in [0.3, 0.4) is 0 Å². The molecule has 3 nitrogen and oxygen atoms in total. The van der Waals surface area contributed by atoms with Crippen molar-refractivity contribution in [3.05, 3.63) is 95.1 Å². The molecule has 2 N–H and O–H groups in total. The Balaban J connectivity index is 1.88.